The predicted octanol–water partition coefficient (Wildman–Crippen LogP) is 3.54. The molecule has 1 amide bonds. The number of benzene rings is 1. The van der Waals surface area contributed by atoms with E-state index in [9.17, 15) is 9.59 Å². The van der Waals surface area contributed by atoms with E-state index in [1.54, 1.807) is 10.7 Å². The molecule has 0 saturated heterocycles. The molecule has 4 rings (SSSR count). The van der Waals surface area contributed by atoms with E-state index < -0.39 is 5.91 Å². The minimum Gasteiger partial charge on any atom is -0.310 e. The number of aryl methyl sites for hydroxylation is 3. The number of hydrogen-bond donors (Lipinski definition) is 2. The Morgan fingerprint density at radius 2 is 1.94 bits per heavy atom. The number of carbonyl (C=O) groups excluding carboxylic acids is 1. The number of anilines is 1. The summed E-state index contributed by atoms with van der Waals surface area (Å²) in [5, 5.41) is 8.42. The third kappa shape index (κ3) is 4.22. The zero-order valence-corrected chi connectivity index (χ0v) is 18.5. The van der Waals surface area contributed by atoms with Crippen LogP contribution in [0.25, 0.3) is 16.7 Å². The number of fused-ring (bicyclic) bond motifs is 1. The first-order chi connectivity index (χ1) is 14.9. The summed E-state index contributed by atoms with van der Waals surface area (Å²) >= 11 is 1.51. The number of H-pyrrole nitrogens is 1. The van der Waals surface area contributed by atoms with Crippen LogP contribution < -0.4 is 10.9 Å². The van der Waals surface area contributed by atoms with Gasteiger partial charge in [0.1, 0.15) is 17.3 Å². The molecule has 0 spiro atoms. The lowest BCUT2D eigenvalue weighted by atomic mass is 10.1. The fraction of sp³-hybridized carbons (Fsp3) is 0.227. The van der Waals surface area contributed by atoms with Gasteiger partial charge in [-0.05, 0) is 44.2 Å². The van der Waals surface area contributed by atoms with Crippen LogP contribution in [-0.2, 0) is 5.75 Å². The Morgan fingerprint density at radius 3 is 2.71 bits per heavy atom. The van der Waals surface area contributed by atoms with Crippen molar-refractivity contribution < 1.29 is 4.79 Å². The van der Waals surface area contributed by atoms with E-state index in [0.29, 0.717) is 23.2 Å². The number of para-hydroxylation sites is 1. The molecule has 0 aliphatic heterocycles. The highest BCUT2D eigenvalue weighted by Crippen LogP contribution is 2.24. The Balaban J connectivity index is 1.74. The van der Waals surface area contributed by atoms with Crippen LogP contribution in [-0.4, -0.2) is 36.9 Å². The average molecular weight is 435 g/mol. The zero-order chi connectivity index (χ0) is 22.1. The maximum atomic E-state index is 12.9. The van der Waals surface area contributed by atoms with E-state index in [4.69, 9.17) is 4.98 Å². The number of carbonyl (C=O) groups is 1. The Kier molecular flexibility index (Phi) is 5.60. The molecule has 4 aromatic rings. The summed E-state index contributed by atoms with van der Waals surface area (Å²) in [6.07, 6.45) is 1.90. The van der Waals surface area contributed by atoms with E-state index in [-0.39, 0.29) is 11.3 Å². The summed E-state index contributed by atoms with van der Waals surface area (Å²) in [5.41, 5.74) is 3.42. The molecule has 1 aromatic carbocycles. The summed E-state index contributed by atoms with van der Waals surface area (Å²) in [4.78, 5) is 36.5. The first-order valence-electron chi connectivity index (χ1n) is 9.70. The molecule has 158 valence electrons. The first-order valence-corrected chi connectivity index (χ1v) is 11.1. The highest BCUT2D eigenvalue weighted by atomic mass is 32.2. The average Bonchev–Trinajstić information content (AvgIpc) is 3.08. The second-order valence-corrected chi connectivity index (χ2v) is 8.18. The van der Waals surface area contributed by atoms with E-state index in [2.05, 4.69) is 20.4 Å². The molecule has 0 radical (unpaired) electrons. The van der Waals surface area contributed by atoms with Gasteiger partial charge in [-0.2, -0.15) is 21.5 Å². The summed E-state index contributed by atoms with van der Waals surface area (Å²) in [6.45, 7) is 5.88. The Bertz CT molecular complexity index is 1360. The molecule has 8 nitrogen and oxygen atoms in total. The lowest BCUT2D eigenvalue weighted by molar-refractivity contribution is 0.102. The summed E-state index contributed by atoms with van der Waals surface area (Å²) < 4.78 is 1.60. The zero-order valence-electron chi connectivity index (χ0n) is 17.7. The smallest absolute Gasteiger partial charge is 0.275 e. The van der Waals surface area contributed by atoms with Crippen molar-refractivity contribution in [3.8, 4) is 5.82 Å². The van der Waals surface area contributed by atoms with Gasteiger partial charge >= 0.3 is 0 Å². The van der Waals surface area contributed by atoms with Crippen molar-refractivity contribution in [1.29, 1.82) is 0 Å². The monoisotopic (exact) mass is 434 g/mol. The highest BCUT2D eigenvalue weighted by Gasteiger charge is 2.17. The molecule has 0 bridgehead atoms. The van der Waals surface area contributed by atoms with Gasteiger partial charge < -0.3 is 10.3 Å². The number of aromatic amines is 1. The van der Waals surface area contributed by atoms with Gasteiger partial charge in [0.25, 0.3) is 11.5 Å². The second kappa shape index (κ2) is 8.35. The van der Waals surface area contributed by atoms with Gasteiger partial charge in [-0.1, -0.05) is 18.2 Å². The van der Waals surface area contributed by atoms with Crippen LogP contribution >= 0.6 is 11.8 Å². The van der Waals surface area contributed by atoms with Crippen LogP contribution in [0.15, 0.2) is 41.2 Å². The molecule has 3 heterocycles. The van der Waals surface area contributed by atoms with E-state index in [1.165, 1.54) is 17.8 Å². The molecule has 0 aliphatic rings. The Labute approximate surface area is 183 Å². The molecule has 2 N–H and O–H groups in total. The van der Waals surface area contributed by atoms with Crippen molar-refractivity contribution in [2.45, 2.75) is 26.5 Å². The van der Waals surface area contributed by atoms with Crippen LogP contribution in [0.5, 0.6) is 0 Å². The normalized spacial score (nSPS) is 11.1. The van der Waals surface area contributed by atoms with Crippen LogP contribution in [0.1, 0.15) is 33.1 Å². The summed E-state index contributed by atoms with van der Waals surface area (Å²) in [6, 6.07) is 10.9. The first kappa shape index (κ1) is 20.8. The fourth-order valence-corrected chi connectivity index (χ4v) is 3.84. The van der Waals surface area contributed by atoms with Crippen molar-refractivity contribution in [1.82, 2.24) is 24.7 Å². The number of pyridine rings is 1. The minimum absolute atomic E-state index is 0.0525. The number of nitrogens with one attached hydrogen (secondary N) is 2. The van der Waals surface area contributed by atoms with Gasteiger partial charge in [-0.3, -0.25) is 9.59 Å². The standard InChI is InChI=1S/C22H22N6O2S/c1-12-6-5-7-15-13(2)8-18(25-21(12)15)28-19(9-14(3)27-28)26-22(30)16-10-20(29)24-17(23-16)11-31-4/h5-10H,11H2,1-4H3,(H,26,30)(H,23,24,29). The number of nitrogens with zero attached hydrogens (tertiary/aromatic N) is 4. The highest BCUT2D eigenvalue weighted by molar-refractivity contribution is 7.97. The van der Waals surface area contributed by atoms with Crippen molar-refractivity contribution in [3.63, 3.8) is 0 Å². The van der Waals surface area contributed by atoms with Crippen molar-refractivity contribution >= 4 is 34.4 Å². The summed E-state index contributed by atoms with van der Waals surface area (Å²) in [5.74, 6) is 1.54. The van der Waals surface area contributed by atoms with Gasteiger partial charge in [0.05, 0.1) is 17.0 Å². The number of hydrogen-bond acceptors (Lipinski definition) is 6. The molecule has 0 fully saturated rings. The van der Waals surface area contributed by atoms with Gasteiger partial charge in [0.15, 0.2) is 5.82 Å². The van der Waals surface area contributed by atoms with Crippen LogP contribution in [0.3, 0.4) is 0 Å². The van der Waals surface area contributed by atoms with Gasteiger partial charge in [-0.15, -0.1) is 0 Å². The second-order valence-electron chi connectivity index (χ2n) is 7.32. The van der Waals surface area contributed by atoms with E-state index >= 15 is 0 Å². The van der Waals surface area contributed by atoms with Crippen molar-refractivity contribution in [2.75, 3.05) is 11.6 Å². The molecule has 31 heavy (non-hydrogen) atoms. The molecule has 0 aliphatic carbocycles. The number of rotatable bonds is 5. The maximum absolute atomic E-state index is 12.9. The molecule has 0 atom stereocenters. The van der Waals surface area contributed by atoms with Crippen LogP contribution in [0.4, 0.5) is 5.82 Å². The molecular weight excluding hydrogens is 412 g/mol. The molecular formula is C22H22N6O2S. The van der Waals surface area contributed by atoms with Crippen molar-refractivity contribution in [2.24, 2.45) is 0 Å². The lowest BCUT2D eigenvalue weighted by Crippen LogP contribution is -2.21. The van der Waals surface area contributed by atoms with Crippen LogP contribution in [0.2, 0.25) is 0 Å². The Hall–Kier alpha value is -3.46. The predicted molar refractivity (Wildman–Crippen MR) is 123 cm³/mol. The van der Waals surface area contributed by atoms with Gasteiger partial charge in [0, 0.05) is 17.5 Å². The van der Waals surface area contributed by atoms with Gasteiger partial charge in [0.2, 0.25) is 0 Å². The molecule has 9 heteroatoms. The lowest BCUT2D eigenvalue weighted by Gasteiger charge is -2.11. The fourth-order valence-electron chi connectivity index (χ4n) is 3.43. The SMILES string of the molecule is CSCc1nc(C(=O)Nc2cc(C)nn2-c2cc(C)c3cccc(C)c3n2)cc(=O)[nH]1. The van der Waals surface area contributed by atoms with Crippen molar-refractivity contribution in [3.05, 3.63) is 75.1 Å². The van der Waals surface area contributed by atoms with E-state index in [1.807, 2.05) is 51.3 Å². The molecule has 0 unspecified atom stereocenters. The molecule has 3 aromatic heterocycles. The van der Waals surface area contributed by atoms with E-state index in [0.717, 1.165) is 27.7 Å². The quantitative estimate of drug-likeness (QED) is 0.498. The summed E-state index contributed by atoms with van der Waals surface area (Å²) in [7, 11) is 0. The molecule has 0 saturated carbocycles. The largest absolute Gasteiger partial charge is 0.310 e. The van der Waals surface area contributed by atoms with Crippen LogP contribution in [0, 0.1) is 20.8 Å². The number of thioether (sulfide) groups is 1. The Morgan fingerprint density at radius 1 is 1.13 bits per heavy atom. The minimum atomic E-state index is -0.483. The number of aromatic nitrogens is 5. The topological polar surface area (TPSA) is 106 Å². The maximum Gasteiger partial charge on any atom is 0.275 e. The number of amides is 1. The third-order valence-electron chi connectivity index (χ3n) is 4.83. The van der Waals surface area contributed by atoms with Gasteiger partial charge in [-0.25, -0.2) is 9.97 Å². The third-order valence-corrected chi connectivity index (χ3v) is 5.39.